The second-order valence-electron chi connectivity index (χ2n) is 6.19. The summed E-state index contributed by atoms with van der Waals surface area (Å²) in [6.07, 6.45) is 5.89. The number of rotatable bonds is 5. The Kier molecular flexibility index (Phi) is 5.80. The van der Waals surface area contributed by atoms with E-state index in [9.17, 15) is 19.7 Å². The van der Waals surface area contributed by atoms with Crippen LogP contribution in [0.4, 0.5) is 5.69 Å². The maximum Gasteiger partial charge on any atom is 0.282 e. The van der Waals surface area contributed by atoms with E-state index < -0.39 is 10.8 Å². The van der Waals surface area contributed by atoms with Gasteiger partial charge in [0, 0.05) is 30.1 Å². The second-order valence-corrected chi connectivity index (χ2v) is 7.07. The lowest BCUT2D eigenvalue weighted by atomic mass is 10.0. The number of thioether (sulfide) groups is 1. The van der Waals surface area contributed by atoms with Crippen LogP contribution >= 0.6 is 11.8 Å². The van der Waals surface area contributed by atoms with E-state index in [1.165, 1.54) is 36.4 Å². The second kappa shape index (κ2) is 8.26. The molecule has 142 valence electrons. The van der Waals surface area contributed by atoms with Crippen molar-refractivity contribution in [3.8, 4) is 0 Å². The van der Waals surface area contributed by atoms with Gasteiger partial charge in [-0.25, -0.2) is 0 Å². The lowest BCUT2D eigenvalue weighted by Crippen LogP contribution is -2.46. The Morgan fingerprint density at radius 3 is 2.63 bits per heavy atom. The number of carbonyl (C=O) groups is 2. The fourth-order valence-electron chi connectivity index (χ4n) is 3.04. The van der Waals surface area contributed by atoms with E-state index >= 15 is 0 Å². The lowest BCUT2D eigenvalue weighted by molar-refractivity contribution is -0.385. The molecule has 0 radical (unpaired) electrons. The molecule has 1 aliphatic heterocycles. The highest BCUT2D eigenvalue weighted by molar-refractivity contribution is 7.98. The molecule has 0 bridgehead atoms. The summed E-state index contributed by atoms with van der Waals surface area (Å²) in [6, 6.07) is 6.00. The Hall–Kier alpha value is -2.81. The molecule has 0 aliphatic carbocycles. The highest BCUT2D eigenvalue weighted by atomic mass is 32.2. The maximum atomic E-state index is 12.6. The highest BCUT2D eigenvalue weighted by Gasteiger charge is 2.27. The van der Waals surface area contributed by atoms with Crippen molar-refractivity contribution in [3.05, 3.63) is 58.0 Å². The van der Waals surface area contributed by atoms with Gasteiger partial charge in [-0.3, -0.25) is 19.7 Å². The molecule has 1 aliphatic rings. The predicted molar refractivity (Wildman–Crippen MR) is 100.0 cm³/mol. The minimum atomic E-state index is -0.550. The van der Waals surface area contributed by atoms with Gasteiger partial charge >= 0.3 is 0 Å². The molecule has 2 aromatic rings. The summed E-state index contributed by atoms with van der Waals surface area (Å²) >= 11 is 1.41. The average molecular weight is 389 g/mol. The maximum absolute atomic E-state index is 12.6. The van der Waals surface area contributed by atoms with Gasteiger partial charge in [-0.2, -0.15) is 0 Å². The molecule has 1 saturated heterocycles. The minimum absolute atomic E-state index is 0.0590. The van der Waals surface area contributed by atoms with Gasteiger partial charge in [0.25, 0.3) is 17.5 Å². The molecule has 2 heterocycles. The Morgan fingerprint density at radius 2 is 2.04 bits per heavy atom. The van der Waals surface area contributed by atoms with Crippen molar-refractivity contribution >= 4 is 29.3 Å². The summed E-state index contributed by atoms with van der Waals surface area (Å²) in [6.45, 7) is 1.00. The number of piperidine rings is 1. The summed E-state index contributed by atoms with van der Waals surface area (Å²) in [4.78, 5) is 38.1. The van der Waals surface area contributed by atoms with Gasteiger partial charge in [0.2, 0.25) is 0 Å². The molecule has 1 aromatic carbocycles. The first-order chi connectivity index (χ1) is 13.0. The number of nitro benzene ring substituents is 1. The van der Waals surface area contributed by atoms with Crippen molar-refractivity contribution in [1.29, 1.82) is 0 Å². The number of nitro groups is 1. The van der Waals surface area contributed by atoms with Crippen molar-refractivity contribution in [1.82, 2.24) is 10.2 Å². The molecule has 0 spiro atoms. The number of hydrogen-bond acceptors (Lipinski definition) is 6. The third-order valence-corrected chi connectivity index (χ3v) is 5.26. The number of likely N-dealkylation sites (tertiary alicyclic amines) is 1. The third-order valence-electron chi connectivity index (χ3n) is 4.53. The Bertz CT molecular complexity index is 845. The van der Waals surface area contributed by atoms with Gasteiger partial charge in [0.1, 0.15) is 11.8 Å². The van der Waals surface area contributed by atoms with Gasteiger partial charge in [-0.05, 0) is 37.3 Å². The summed E-state index contributed by atoms with van der Waals surface area (Å²) in [5.74, 6) is -0.561. The standard InChI is InChI=1S/C18H19N3O5S/c1-27-14-2-3-16(21(24)25)15(10-14)17(22)19-13-4-7-20(8-5-13)18(23)12-6-9-26-11-12/h2-3,6,9-11,13H,4-5,7-8H2,1H3,(H,19,22). The Labute approximate surface area is 160 Å². The van der Waals surface area contributed by atoms with Crippen LogP contribution in [-0.2, 0) is 0 Å². The SMILES string of the molecule is CSc1ccc([N+](=O)[O-])c(C(=O)NC2CCN(C(=O)c3ccoc3)CC2)c1. The normalized spacial score (nSPS) is 14.8. The van der Waals surface area contributed by atoms with Crippen LogP contribution < -0.4 is 5.32 Å². The molecule has 2 amide bonds. The Balaban J connectivity index is 1.63. The summed E-state index contributed by atoms with van der Waals surface area (Å²) in [7, 11) is 0. The number of benzene rings is 1. The first-order valence-electron chi connectivity index (χ1n) is 8.44. The Morgan fingerprint density at radius 1 is 1.30 bits per heavy atom. The highest BCUT2D eigenvalue weighted by Crippen LogP contribution is 2.25. The number of furan rings is 1. The molecular weight excluding hydrogens is 370 g/mol. The van der Waals surface area contributed by atoms with E-state index in [2.05, 4.69) is 5.32 Å². The molecule has 9 heteroatoms. The number of nitrogens with zero attached hydrogens (tertiary/aromatic N) is 2. The quantitative estimate of drug-likeness (QED) is 0.479. The van der Waals surface area contributed by atoms with Gasteiger partial charge < -0.3 is 14.6 Å². The molecule has 8 nitrogen and oxygen atoms in total. The first kappa shape index (κ1) is 19.0. The van der Waals surface area contributed by atoms with E-state index in [1.54, 1.807) is 17.0 Å². The molecule has 3 rings (SSSR count). The van der Waals surface area contributed by atoms with Crippen LogP contribution in [0.15, 0.2) is 46.1 Å². The van der Waals surface area contributed by atoms with Crippen LogP contribution in [-0.4, -0.2) is 47.0 Å². The van der Waals surface area contributed by atoms with Crippen molar-refractivity contribution < 1.29 is 18.9 Å². The van der Waals surface area contributed by atoms with E-state index in [0.717, 1.165) is 4.90 Å². The smallest absolute Gasteiger partial charge is 0.282 e. The van der Waals surface area contributed by atoms with Gasteiger partial charge in [-0.15, -0.1) is 11.8 Å². The van der Waals surface area contributed by atoms with Crippen LogP contribution in [0.25, 0.3) is 0 Å². The fraction of sp³-hybridized carbons (Fsp3) is 0.333. The van der Waals surface area contributed by atoms with Crippen molar-refractivity contribution in [3.63, 3.8) is 0 Å². The van der Waals surface area contributed by atoms with Crippen LogP contribution in [0.1, 0.15) is 33.6 Å². The van der Waals surface area contributed by atoms with E-state index in [1.807, 2.05) is 6.26 Å². The predicted octanol–water partition coefficient (Wildman–Crippen LogP) is 2.94. The van der Waals surface area contributed by atoms with Gasteiger partial charge in [-0.1, -0.05) is 0 Å². The molecule has 27 heavy (non-hydrogen) atoms. The third kappa shape index (κ3) is 4.30. The fourth-order valence-corrected chi connectivity index (χ4v) is 3.48. The van der Waals surface area contributed by atoms with Crippen molar-refractivity contribution in [2.75, 3.05) is 19.3 Å². The minimum Gasteiger partial charge on any atom is -0.472 e. The van der Waals surface area contributed by atoms with Crippen LogP contribution in [0.3, 0.4) is 0 Å². The summed E-state index contributed by atoms with van der Waals surface area (Å²) < 4.78 is 4.94. The topological polar surface area (TPSA) is 106 Å². The number of hydrogen-bond donors (Lipinski definition) is 1. The molecule has 1 N–H and O–H groups in total. The number of carbonyl (C=O) groups excluding carboxylic acids is 2. The van der Waals surface area contributed by atoms with Crippen molar-refractivity contribution in [2.24, 2.45) is 0 Å². The van der Waals surface area contributed by atoms with Gasteiger partial charge in [0.15, 0.2) is 0 Å². The van der Waals surface area contributed by atoms with E-state index in [4.69, 9.17) is 4.42 Å². The molecule has 1 aromatic heterocycles. The zero-order chi connectivity index (χ0) is 19.4. The molecule has 0 unspecified atom stereocenters. The zero-order valence-corrected chi connectivity index (χ0v) is 15.5. The van der Waals surface area contributed by atoms with Crippen LogP contribution in [0, 0.1) is 10.1 Å². The molecule has 0 atom stereocenters. The largest absolute Gasteiger partial charge is 0.472 e. The van der Waals surface area contributed by atoms with E-state index in [-0.39, 0.29) is 23.2 Å². The zero-order valence-electron chi connectivity index (χ0n) is 14.7. The summed E-state index contributed by atoms with van der Waals surface area (Å²) in [5.41, 5.74) is 0.351. The van der Waals surface area contributed by atoms with Gasteiger partial charge in [0.05, 0.1) is 16.7 Å². The summed E-state index contributed by atoms with van der Waals surface area (Å²) in [5, 5.41) is 14.1. The lowest BCUT2D eigenvalue weighted by Gasteiger charge is -2.32. The monoisotopic (exact) mass is 389 g/mol. The first-order valence-corrected chi connectivity index (χ1v) is 9.67. The molecule has 1 fully saturated rings. The van der Waals surface area contributed by atoms with Crippen LogP contribution in [0.5, 0.6) is 0 Å². The van der Waals surface area contributed by atoms with E-state index in [0.29, 0.717) is 31.5 Å². The van der Waals surface area contributed by atoms with Crippen molar-refractivity contribution in [2.45, 2.75) is 23.8 Å². The van der Waals surface area contributed by atoms with Crippen LogP contribution in [0.2, 0.25) is 0 Å². The molecule has 0 saturated carbocycles. The number of nitrogens with one attached hydrogen (secondary N) is 1. The number of amides is 2. The molecular formula is C18H19N3O5S. The average Bonchev–Trinajstić information content (AvgIpc) is 3.22.